The van der Waals surface area contributed by atoms with Crippen LogP contribution < -0.4 is 10.6 Å². The average molecular weight is 267 g/mol. The number of halogens is 1. The Balaban J connectivity index is 0.00000120. The summed E-state index contributed by atoms with van der Waals surface area (Å²) in [6.07, 6.45) is 3.02. The van der Waals surface area contributed by atoms with Gasteiger partial charge in [-0.1, -0.05) is 24.3 Å². The van der Waals surface area contributed by atoms with E-state index >= 15 is 0 Å². The zero-order valence-corrected chi connectivity index (χ0v) is 11.1. The molecule has 1 unspecified atom stereocenters. The molecule has 3 rings (SSSR count). The van der Waals surface area contributed by atoms with Gasteiger partial charge in [-0.2, -0.15) is 0 Å². The van der Waals surface area contributed by atoms with E-state index < -0.39 is 0 Å². The fourth-order valence-corrected chi connectivity index (χ4v) is 2.76. The Labute approximate surface area is 114 Å². The smallest absolute Gasteiger partial charge is 0.228 e. The van der Waals surface area contributed by atoms with Gasteiger partial charge in [-0.25, -0.2) is 0 Å². The molecule has 2 N–H and O–H groups in total. The Hall–Kier alpha value is -1.06. The normalized spacial score (nSPS) is 22.3. The molecule has 1 aromatic carbocycles. The largest absolute Gasteiger partial charge is 0.353 e. The molecule has 0 spiro atoms. The Kier molecular flexibility index (Phi) is 4.25. The summed E-state index contributed by atoms with van der Waals surface area (Å²) in [7, 11) is 0. The van der Waals surface area contributed by atoms with Gasteiger partial charge in [0.15, 0.2) is 0 Å². The molecule has 98 valence electrons. The van der Waals surface area contributed by atoms with Gasteiger partial charge in [0.05, 0.1) is 5.92 Å². The van der Waals surface area contributed by atoms with Crippen molar-refractivity contribution in [3.05, 3.63) is 35.4 Å². The number of hydrogen-bond acceptors (Lipinski definition) is 2. The molecule has 1 heterocycles. The van der Waals surface area contributed by atoms with Crippen LogP contribution in [0.25, 0.3) is 0 Å². The second kappa shape index (κ2) is 5.72. The number of nitrogens with one attached hydrogen (secondary N) is 2. The van der Waals surface area contributed by atoms with Crippen molar-refractivity contribution in [1.82, 2.24) is 10.6 Å². The van der Waals surface area contributed by atoms with Crippen molar-refractivity contribution in [2.75, 3.05) is 13.1 Å². The lowest BCUT2D eigenvalue weighted by molar-refractivity contribution is -0.123. The van der Waals surface area contributed by atoms with Gasteiger partial charge < -0.3 is 10.6 Å². The molecule has 2 aliphatic rings. The maximum Gasteiger partial charge on any atom is 0.228 e. The number of carbonyl (C=O) groups excluding carboxylic acids is 1. The van der Waals surface area contributed by atoms with Gasteiger partial charge in [-0.3, -0.25) is 4.79 Å². The molecule has 1 amide bonds. The Bertz CT molecular complexity index is 430. The molecule has 1 saturated heterocycles. The minimum Gasteiger partial charge on any atom is -0.353 e. The first-order chi connectivity index (χ1) is 8.34. The molecular formula is C14H19ClN2O. The minimum absolute atomic E-state index is 0. The number of carbonyl (C=O) groups is 1. The third kappa shape index (κ3) is 2.52. The molecule has 18 heavy (non-hydrogen) atoms. The molecule has 1 aromatic rings. The summed E-state index contributed by atoms with van der Waals surface area (Å²) in [6.45, 7) is 2.04. The van der Waals surface area contributed by atoms with Crippen LogP contribution in [0, 0.1) is 0 Å². The topological polar surface area (TPSA) is 41.1 Å². The molecule has 0 saturated carbocycles. The second-order valence-electron chi connectivity index (χ2n) is 4.99. The number of fused-ring (bicyclic) bond motifs is 1. The Morgan fingerprint density at radius 2 is 1.94 bits per heavy atom. The lowest BCUT2D eigenvalue weighted by Crippen LogP contribution is -2.46. The fraction of sp³-hybridized carbons (Fsp3) is 0.500. The molecule has 1 aliphatic carbocycles. The van der Waals surface area contributed by atoms with Crippen molar-refractivity contribution in [1.29, 1.82) is 0 Å². The van der Waals surface area contributed by atoms with E-state index in [1.165, 1.54) is 11.1 Å². The first kappa shape index (κ1) is 13.4. The SMILES string of the molecule is Cl.O=C(NC1CCNCC1)C1Cc2ccccc21. The summed E-state index contributed by atoms with van der Waals surface area (Å²) in [5.74, 6) is 0.316. The molecule has 1 fully saturated rings. The molecule has 0 aromatic heterocycles. The van der Waals surface area contributed by atoms with Gasteiger partial charge in [0, 0.05) is 6.04 Å². The predicted octanol–water partition coefficient (Wildman–Crippen LogP) is 1.62. The molecule has 0 radical (unpaired) electrons. The molecular weight excluding hydrogens is 248 g/mol. The van der Waals surface area contributed by atoms with Crippen LogP contribution in [0.2, 0.25) is 0 Å². The highest BCUT2D eigenvalue weighted by atomic mass is 35.5. The number of amides is 1. The van der Waals surface area contributed by atoms with Crippen LogP contribution in [0.4, 0.5) is 0 Å². The maximum absolute atomic E-state index is 12.1. The fourth-order valence-electron chi connectivity index (χ4n) is 2.76. The van der Waals surface area contributed by atoms with Crippen molar-refractivity contribution in [3.8, 4) is 0 Å². The second-order valence-corrected chi connectivity index (χ2v) is 4.99. The summed E-state index contributed by atoms with van der Waals surface area (Å²) in [6, 6.07) is 8.62. The Morgan fingerprint density at radius 3 is 2.67 bits per heavy atom. The van der Waals surface area contributed by atoms with Gasteiger partial charge in [0.1, 0.15) is 0 Å². The number of piperidine rings is 1. The number of rotatable bonds is 2. The lowest BCUT2D eigenvalue weighted by Gasteiger charge is -2.32. The van der Waals surface area contributed by atoms with Gasteiger partial charge in [0.25, 0.3) is 0 Å². The van der Waals surface area contributed by atoms with Crippen molar-refractivity contribution in [2.24, 2.45) is 0 Å². The third-order valence-electron chi connectivity index (χ3n) is 3.86. The number of benzene rings is 1. The van der Waals surface area contributed by atoms with E-state index in [1.54, 1.807) is 0 Å². The van der Waals surface area contributed by atoms with Crippen molar-refractivity contribution >= 4 is 18.3 Å². The Morgan fingerprint density at radius 1 is 1.22 bits per heavy atom. The monoisotopic (exact) mass is 266 g/mol. The van der Waals surface area contributed by atoms with E-state index in [1.807, 2.05) is 12.1 Å². The molecule has 3 nitrogen and oxygen atoms in total. The molecule has 1 aliphatic heterocycles. The quantitative estimate of drug-likeness (QED) is 0.854. The summed E-state index contributed by atoms with van der Waals surface area (Å²) in [5.41, 5.74) is 2.55. The van der Waals surface area contributed by atoms with E-state index in [-0.39, 0.29) is 24.2 Å². The van der Waals surface area contributed by atoms with Crippen LogP contribution >= 0.6 is 12.4 Å². The first-order valence-corrected chi connectivity index (χ1v) is 6.43. The van der Waals surface area contributed by atoms with Gasteiger partial charge >= 0.3 is 0 Å². The number of hydrogen-bond donors (Lipinski definition) is 2. The molecule has 1 atom stereocenters. The van der Waals surface area contributed by atoms with Crippen LogP contribution in [0.5, 0.6) is 0 Å². The van der Waals surface area contributed by atoms with Gasteiger partial charge in [0.2, 0.25) is 5.91 Å². The highest BCUT2D eigenvalue weighted by Crippen LogP contribution is 2.34. The summed E-state index contributed by atoms with van der Waals surface area (Å²) in [5, 5.41) is 6.49. The van der Waals surface area contributed by atoms with Crippen molar-refractivity contribution in [2.45, 2.75) is 31.2 Å². The summed E-state index contributed by atoms with van der Waals surface area (Å²) < 4.78 is 0. The molecule has 0 bridgehead atoms. The van der Waals surface area contributed by atoms with Crippen LogP contribution in [0.15, 0.2) is 24.3 Å². The van der Waals surface area contributed by atoms with Crippen molar-refractivity contribution < 1.29 is 4.79 Å². The average Bonchev–Trinajstić information content (AvgIpc) is 2.32. The van der Waals surface area contributed by atoms with Crippen LogP contribution in [0.3, 0.4) is 0 Å². The zero-order chi connectivity index (χ0) is 11.7. The van der Waals surface area contributed by atoms with E-state index in [2.05, 4.69) is 22.8 Å². The predicted molar refractivity (Wildman–Crippen MR) is 74.2 cm³/mol. The highest BCUT2D eigenvalue weighted by molar-refractivity contribution is 5.87. The van der Waals surface area contributed by atoms with Crippen molar-refractivity contribution in [3.63, 3.8) is 0 Å². The maximum atomic E-state index is 12.1. The standard InChI is InChI=1S/C14H18N2O.ClH/c17-14(16-11-5-7-15-8-6-11)13-9-10-3-1-2-4-12(10)13;/h1-4,11,13,15H,5-9H2,(H,16,17);1H. The van der Waals surface area contributed by atoms with E-state index in [4.69, 9.17) is 0 Å². The summed E-state index contributed by atoms with van der Waals surface area (Å²) in [4.78, 5) is 12.1. The van der Waals surface area contributed by atoms with E-state index in [9.17, 15) is 4.79 Å². The third-order valence-corrected chi connectivity index (χ3v) is 3.86. The summed E-state index contributed by atoms with van der Waals surface area (Å²) >= 11 is 0. The first-order valence-electron chi connectivity index (χ1n) is 6.43. The zero-order valence-electron chi connectivity index (χ0n) is 10.3. The highest BCUT2D eigenvalue weighted by Gasteiger charge is 2.32. The van der Waals surface area contributed by atoms with Crippen LogP contribution in [-0.4, -0.2) is 25.0 Å². The van der Waals surface area contributed by atoms with E-state index in [0.29, 0.717) is 6.04 Å². The van der Waals surface area contributed by atoms with E-state index in [0.717, 1.165) is 32.4 Å². The van der Waals surface area contributed by atoms with Gasteiger partial charge in [-0.15, -0.1) is 12.4 Å². The lowest BCUT2D eigenvalue weighted by atomic mass is 9.77. The van der Waals surface area contributed by atoms with Crippen LogP contribution in [-0.2, 0) is 11.2 Å². The molecule has 4 heteroatoms. The van der Waals surface area contributed by atoms with Gasteiger partial charge in [-0.05, 0) is 43.5 Å². The van der Waals surface area contributed by atoms with Crippen LogP contribution in [0.1, 0.15) is 29.9 Å². The minimum atomic E-state index is 0.